The largest absolute Gasteiger partial charge is 0.493 e. The highest BCUT2D eigenvalue weighted by Gasteiger charge is 2.21. The Bertz CT molecular complexity index is 490. The van der Waals surface area contributed by atoms with Gasteiger partial charge in [-0.2, -0.15) is 0 Å². The Morgan fingerprint density at radius 1 is 1.24 bits per heavy atom. The van der Waals surface area contributed by atoms with Crippen LogP contribution in [0.25, 0.3) is 0 Å². The monoisotopic (exact) mass is 291 g/mol. The lowest BCUT2D eigenvalue weighted by Gasteiger charge is -2.30. The molecule has 1 aliphatic rings. The van der Waals surface area contributed by atoms with E-state index in [0.29, 0.717) is 17.2 Å². The molecule has 5 nitrogen and oxygen atoms in total. The number of amides is 1. The van der Waals surface area contributed by atoms with E-state index in [9.17, 15) is 9.59 Å². The molecule has 1 heterocycles. The molecule has 5 heteroatoms. The second-order valence-electron chi connectivity index (χ2n) is 5.49. The van der Waals surface area contributed by atoms with Gasteiger partial charge in [0, 0.05) is 18.7 Å². The predicted octanol–water partition coefficient (Wildman–Crippen LogP) is 2.41. The molecule has 1 aromatic rings. The average Bonchev–Trinajstić information content (AvgIpc) is 2.48. The van der Waals surface area contributed by atoms with E-state index in [-0.39, 0.29) is 18.9 Å². The highest BCUT2D eigenvalue weighted by Crippen LogP contribution is 2.19. The minimum absolute atomic E-state index is 0.0351. The summed E-state index contributed by atoms with van der Waals surface area (Å²) in [4.78, 5) is 24.6. The van der Waals surface area contributed by atoms with Crippen LogP contribution in [-0.4, -0.2) is 41.6 Å². The zero-order valence-corrected chi connectivity index (χ0v) is 12.2. The summed E-state index contributed by atoms with van der Waals surface area (Å²) >= 11 is 0. The Morgan fingerprint density at radius 3 is 2.43 bits per heavy atom. The molecule has 1 fully saturated rings. The molecule has 21 heavy (non-hydrogen) atoms. The number of hydrogen-bond donors (Lipinski definition) is 1. The van der Waals surface area contributed by atoms with E-state index in [1.807, 2.05) is 4.90 Å². The maximum Gasteiger partial charge on any atom is 0.306 e. The van der Waals surface area contributed by atoms with Crippen LogP contribution in [0.15, 0.2) is 24.3 Å². The maximum absolute atomic E-state index is 12.3. The summed E-state index contributed by atoms with van der Waals surface area (Å²) in [6, 6.07) is 6.89. The van der Waals surface area contributed by atoms with Gasteiger partial charge in [-0.25, -0.2) is 0 Å². The quantitative estimate of drug-likeness (QED) is 0.904. The van der Waals surface area contributed by atoms with Crippen molar-refractivity contribution in [2.45, 2.75) is 26.2 Å². The minimum atomic E-state index is -0.888. The summed E-state index contributed by atoms with van der Waals surface area (Å²) in [7, 11) is 0. The number of piperidine rings is 1. The first-order valence-corrected chi connectivity index (χ1v) is 7.30. The Labute approximate surface area is 124 Å². The Morgan fingerprint density at radius 2 is 1.86 bits per heavy atom. The number of ether oxygens (including phenoxy) is 1. The van der Waals surface area contributed by atoms with Gasteiger partial charge in [0.2, 0.25) is 0 Å². The maximum atomic E-state index is 12.3. The van der Waals surface area contributed by atoms with Crippen LogP contribution in [0, 0.1) is 5.92 Å². The van der Waals surface area contributed by atoms with Crippen molar-refractivity contribution in [3.8, 4) is 5.75 Å². The molecule has 0 aromatic heterocycles. The third-order valence-electron chi connectivity index (χ3n) is 3.76. The number of likely N-dealkylation sites (tertiary alicyclic amines) is 1. The van der Waals surface area contributed by atoms with Gasteiger partial charge in [-0.1, -0.05) is 6.92 Å². The zero-order valence-electron chi connectivity index (χ0n) is 12.2. The van der Waals surface area contributed by atoms with Gasteiger partial charge in [0.25, 0.3) is 5.91 Å². The number of carbonyl (C=O) groups excluding carboxylic acids is 1. The van der Waals surface area contributed by atoms with Crippen molar-refractivity contribution in [3.05, 3.63) is 29.8 Å². The third-order valence-corrected chi connectivity index (χ3v) is 3.76. The molecule has 0 radical (unpaired) electrons. The lowest BCUT2D eigenvalue weighted by molar-refractivity contribution is -0.137. The van der Waals surface area contributed by atoms with Crippen LogP contribution >= 0.6 is 0 Å². The van der Waals surface area contributed by atoms with E-state index in [4.69, 9.17) is 9.84 Å². The van der Waals surface area contributed by atoms with Gasteiger partial charge >= 0.3 is 5.97 Å². The van der Waals surface area contributed by atoms with Gasteiger partial charge in [-0.3, -0.25) is 9.59 Å². The molecule has 0 saturated carbocycles. The second-order valence-corrected chi connectivity index (χ2v) is 5.49. The molecule has 1 aliphatic heterocycles. The van der Waals surface area contributed by atoms with Crippen molar-refractivity contribution >= 4 is 11.9 Å². The summed E-state index contributed by atoms with van der Waals surface area (Å²) in [6.07, 6.45) is 2.08. The topological polar surface area (TPSA) is 66.8 Å². The Hall–Kier alpha value is -2.04. The van der Waals surface area contributed by atoms with Crippen molar-refractivity contribution in [3.63, 3.8) is 0 Å². The number of carbonyl (C=O) groups is 2. The highest BCUT2D eigenvalue weighted by molar-refractivity contribution is 5.94. The van der Waals surface area contributed by atoms with Crippen LogP contribution in [-0.2, 0) is 4.79 Å². The Kier molecular flexibility index (Phi) is 5.20. The van der Waals surface area contributed by atoms with Crippen LogP contribution < -0.4 is 4.74 Å². The third kappa shape index (κ3) is 4.48. The number of carboxylic acid groups (broad SMARTS) is 1. The van der Waals surface area contributed by atoms with Crippen molar-refractivity contribution in [2.24, 2.45) is 5.92 Å². The summed E-state index contributed by atoms with van der Waals surface area (Å²) in [5.74, 6) is 0.444. The van der Waals surface area contributed by atoms with Crippen LogP contribution in [0.2, 0.25) is 0 Å². The number of hydrogen-bond acceptors (Lipinski definition) is 3. The van der Waals surface area contributed by atoms with E-state index in [2.05, 4.69) is 6.92 Å². The van der Waals surface area contributed by atoms with Crippen LogP contribution in [0.3, 0.4) is 0 Å². The summed E-state index contributed by atoms with van der Waals surface area (Å²) in [6.45, 7) is 3.98. The molecular weight excluding hydrogens is 270 g/mol. The van der Waals surface area contributed by atoms with Crippen LogP contribution in [0.1, 0.15) is 36.5 Å². The predicted molar refractivity (Wildman–Crippen MR) is 78.5 cm³/mol. The van der Waals surface area contributed by atoms with E-state index < -0.39 is 5.97 Å². The number of carboxylic acids is 1. The van der Waals surface area contributed by atoms with Crippen LogP contribution in [0.5, 0.6) is 5.75 Å². The van der Waals surface area contributed by atoms with Crippen molar-refractivity contribution in [2.75, 3.05) is 19.7 Å². The average molecular weight is 291 g/mol. The van der Waals surface area contributed by atoms with Gasteiger partial charge < -0.3 is 14.7 Å². The van der Waals surface area contributed by atoms with Gasteiger partial charge in [0.05, 0.1) is 13.0 Å². The molecule has 0 unspecified atom stereocenters. The minimum Gasteiger partial charge on any atom is -0.493 e. The van der Waals surface area contributed by atoms with E-state index in [0.717, 1.165) is 25.9 Å². The summed E-state index contributed by atoms with van der Waals surface area (Å²) in [5, 5.41) is 8.54. The Balaban J connectivity index is 1.89. The molecule has 1 amide bonds. The lowest BCUT2D eigenvalue weighted by Crippen LogP contribution is -2.37. The van der Waals surface area contributed by atoms with Crippen LogP contribution in [0.4, 0.5) is 0 Å². The summed E-state index contributed by atoms with van der Waals surface area (Å²) < 4.78 is 5.31. The fourth-order valence-corrected chi connectivity index (χ4v) is 2.34. The molecular formula is C16H21NO4. The molecule has 114 valence electrons. The molecule has 0 aliphatic carbocycles. The number of aliphatic carboxylic acids is 1. The fourth-order valence-electron chi connectivity index (χ4n) is 2.34. The normalized spacial score (nSPS) is 15.8. The van der Waals surface area contributed by atoms with Crippen molar-refractivity contribution in [1.29, 1.82) is 0 Å². The zero-order chi connectivity index (χ0) is 15.2. The van der Waals surface area contributed by atoms with Crippen molar-refractivity contribution in [1.82, 2.24) is 4.90 Å². The van der Waals surface area contributed by atoms with Gasteiger partial charge in [0.1, 0.15) is 5.75 Å². The first kappa shape index (κ1) is 15.4. The number of nitrogens with zero attached hydrogens (tertiary/aromatic N) is 1. The molecule has 0 bridgehead atoms. The first-order chi connectivity index (χ1) is 10.1. The lowest BCUT2D eigenvalue weighted by atomic mass is 9.98. The molecule has 1 saturated heterocycles. The van der Waals surface area contributed by atoms with Gasteiger partial charge in [-0.15, -0.1) is 0 Å². The second kappa shape index (κ2) is 7.11. The van der Waals surface area contributed by atoms with E-state index in [1.54, 1.807) is 24.3 Å². The number of benzene rings is 1. The summed E-state index contributed by atoms with van der Waals surface area (Å²) in [5.41, 5.74) is 0.648. The van der Waals surface area contributed by atoms with Gasteiger partial charge in [0.15, 0.2) is 0 Å². The standard InChI is InChI=1S/C16H21NO4/c1-12-6-9-17(10-7-12)16(20)13-2-4-14(5-3-13)21-11-8-15(18)19/h2-5,12H,6-11H2,1H3,(H,18,19). The molecule has 1 N–H and O–H groups in total. The number of rotatable bonds is 5. The first-order valence-electron chi connectivity index (χ1n) is 7.30. The van der Waals surface area contributed by atoms with E-state index in [1.165, 1.54) is 0 Å². The van der Waals surface area contributed by atoms with Crippen molar-refractivity contribution < 1.29 is 19.4 Å². The molecule has 1 aromatic carbocycles. The highest BCUT2D eigenvalue weighted by atomic mass is 16.5. The van der Waals surface area contributed by atoms with Gasteiger partial charge in [-0.05, 0) is 43.0 Å². The molecule has 0 atom stereocenters. The smallest absolute Gasteiger partial charge is 0.306 e. The van der Waals surface area contributed by atoms with E-state index >= 15 is 0 Å². The SMILES string of the molecule is CC1CCN(C(=O)c2ccc(OCCC(=O)O)cc2)CC1. The molecule has 0 spiro atoms. The fraction of sp³-hybridized carbons (Fsp3) is 0.500. The molecule has 2 rings (SSSR count).